The van der Waals surface area contributed by atoms with Crippen LogP contribution in [0.3, 0.4) is 0 Å². The van der Waals surface area contributed by atoms with Crippen molar-refractivity contribution in [3.05, 3.63) is 64.7 Å². The quantitative estimate of drug-likeness (QED) is 0.469. The molecule has 2 aromatic rings. The van der Waals surface area contributed by atoms with E-state index >= 15 is 0 Å². The Morgan fingerprint density at radius 3 is 2.48 bits per heavy atom. The second-order valence-electron chi connectivity index (χ2n) is 7.42. The molecule has 0 unspecified atom stereocenters. The monoisotopic (exact) mass is 392 g/mol. The second-order valence-corrected chi connectivity index (χ2v) is 7.42. The summed E-state index contributed by atoms with van der Waals surface area (Å²) in [5.41, 5.74) is 2.01. The predicted octanol–water partition coefficient (Wildman–Crippen LogP) is 4.18. The summed E-state index contributed by atoms with van der Waals surface area (Å²) in [5.74, 6) is -0.331. The zero-order chi connectivity index (χ0) is 20.5. The second kappa shape index (κ2) is 7.67. The highest BCUT2D eigenvalue weighted by Crippen LogP contribution is 2.48. The summed E-state index contributed by atoms with van der Waals surface area (Å²) in [7, 11) is 0. The number of amides is 1. The van der Waals surface area contributed by atoms with Crippen molar-refractivity contribution in [2.45, 2.75) is 25.8 Å². The van der Waals surface area contributed by atoms with E-state index in [1.165, 1.54) is 4.90 Å². The third-order valence-electron chi connectivity index (χ3n) is 5.75. The molecule has 1 amide bonds. The number of carbonyl (C=O) groups excluding carboxylic acids is 1. The molecule has 0 bridgehead atoms. The van der Waals surface area contributed by atoms with Gasteiger partial charge in [-0.25, -0.2) is 0 Å². The molecule has 7 heteroatoms. The molecule has 1 fully saturated rings. The molecule has 4 rings (SSSR count). The molecule has 0 atom stereocenters. The van der Waals surface area contributed by atoms with Gasteiger partial charge in [0.15, 0.2) is 0 Å². The topological polar surface area (TPSA) is 78.7 Å². The maximum atomic E-state index is 12.9. The van der Waals surface area contributed by atoms with Gasteiger partial charge in [-0.1, -0.05) is 31.7 Å². The Morgan fingerprint density at radius 1 is 1.17 bits per heavy atom. The van der Waals surface area contributed by atoms with Crippen molar-refractivity contribution in [3.63, 3.8) is 0 Å². The van der Waals surface area contributed by atoms with Crippen molar-refractivity contribution >= 4 is 34.2 Å². The fraction of sp³-hybridized carbons (Fsp3) is 0.318. The number of anilines is 3. The summed E-state index contributed by atoms with van der Waals surface area (Å²) in [6, 6.07) is 12.8. The van der Waals surface area contributed by atoms with Crippen molar-refractivity contribution in [1.82, 2.24) is 4.90 Å². The first-order valence-electron chi connectivity index (χ1n) is 9.90. The molecule has 7 nitrogen and oxygen atoms in total. The summed E-state index contributed by atoms with van der Waals surface area (Å²) in [6.45, 7) is 8.97. The molecular weight excluding hydrogens is 368 g/mol. The predicted molar refractivity (Wildman–Crippen MR) is 114 cm³/mol. The van der Waals surface area contributed by atoms with Crippen LogP contribution in [0.4, 0.5) is 22.7 Å². The highest BCUT2D eigenvalue weighted by atomic mass is 16.6. The lowest BCUT2D eigenvalue weighted by Gasteiger charge is -2.32. The van der Waals surface area contributed by atoms with E-state index in [0.29, 0.717) is 22.6 Å². The fourth-order valence-electron chi connectivity index (χ4n) is 4.17. The van der Waals surface area contributed by atoms with E-state index in [1.807, 2.05) is 18.2 Å². The maximum absolute atomic E-state index is 12.9. The molecule has 0 saturated carbocycles. The van der Waals surface area contributed by atoms with Gasteiger partial charge in [0, 0.05) is 30.4 Å². The number of para-hydroxylation sites is 1. The van der Waals surface area contributed by atoms with Crippen LogP contribution >= 0.6 is 0 Å². The van der Waals surface area contributed by atoms with Gasteiger partial charge in [0.25, 0.3) is 5.91 Å². The van der Waals surface area contributed by atoms with Crippen molar-refractivity contribution in [2.75, 3.05) is 29.9 Å². The Bertz CT molecular complexity index is 966. The molecule has 2 aromatic carbocycles. The van der Waals surface area contributed by atoms with Crippen LogP contribution < -0.4 is 10.2 Å². The summed E-state index contributed by atoms with van der Waals surface area (Å²) < 4.78 is 0. The number of nitro groups is 1. The maximum Gasteiger partial charge on any atom is 0.302 e. The molecule has 0 aliphatic carbocycles. The Kier molecular flexibility index (Phi) is 5.07. The van der Waals surface area contributed by atoms with E-state index in [2.05, 4.69) is 23.7 Å². The third kappa shape index (κ3) is 3.38. The smallest absolute Gasteiger partial charge is 0.302 e. The van der Waals surface area contributed by atoms with E-state index in [-0.39, 0.29) is 23.2 Å². The number of fused-ring (bicyclic) bond motifs is 1. The number of nitrogens with one attached hydrogen (secondary N) is 1. The molecular formula is C22H24N4O3. The average molecular weight is 392 g/mol. The molecule has 2 aliphatic rings. The molecule has 29 heavy (non-hydrogen) atoms. The summed E-state index contributed by atoms with van der Waals surface area (Å²) in [5, 5.41) is 15.4. The van der Waals surface area contributed by atoms with Crippen molar-refractivity contribution in [2.24, 2.45) is 0 Å². The molecule has 150 valence electrons. The standard InChI is InChI=1S/C22H24N4O3/c1-3-24-13-11-16(12-14-24)23-18-9-10-19-20(21(18)26(28)29)15(2)22(27)25(19)17-7-5-4-6-8-17/h4-10,16,23H,2-3,11-14H2,1H3. The lowest BCUT2D eigenvalue weighted by molar-refractivity contribution is -0.384. The lowest BCUT2D eigenvalue weighted by Crippen LogP contribution is -2.38. The molecule has 1 saturated heterocycles. The van der Waals surface area contributed by atoms with Gasteiger partial charge in [-0.2, -0.15) is 0 Å². The molecule has 0 aromatic heterocycles. The van der Waals surface area contributed by atoms with Crippen molar-refractivity contribution < 1.29 is 9.72 Å². The molecule has 2 heterocycles. The zero-order valence-corrected chi connectivity index (χ0v) is 16.4. The summed E-state index contributed by atoms with van der Waals surface area (Å²) in [4.78, 5) is 28.3. The Labute approximate surface area is 169 Å². The number of benzene rings is 2. The Balaban J connectivity index is 1.71. The van der Waals surface area contributed by atoms with Gasteiger partial charge in [-0.05, 0) is 43.7 Å². The average Bonchev–Trinajstić information content (AvgIpc) is 2.99. The minimum atomic E-state index is -0.407. The Morgan fingerprint density at radius 2 is 1.86 bits per heavy atom. The first-order valence-corrected chi connectivity index (χ1v) is 9.90. The van der Waals surface area contributed by atoms with Crippen LogP contribution in [-0.2, 0) is 4.79 Å². The van der Waals surface area contributed by atoms with Crippen LogP contribution in [0.1, 0.15) is 25.3 Å². The van der Waals surface area contributed by atoms with Gasteiger partial charge in [0.1, 0.15) is 5.69 Å². The molecule has 2 aliphatic heterocycles. The number of carbonyl (C=O) groups is 1. The van der Waals surface area contributed by atoms with E-state index in [9.17, 15) is 14.9 Å². The number of hydrogen-bond donors (Lipinski definition) is 1. The van der Waals surface area contributed by atoms with Crippen LogP contribution in [-0.4, -0.2) is 41.4 Å². The van der Waals surface area contributed by atoms with Gasteiger partial charge in [-0.15, -0.1) is 0 Å². The van der Waals surface area contributed by atoms with Gasteiger partial charge < -0.3 is 10.2 Å². The molecule has 1 N–H and O–H groups in total. The van der Waals surface area contributed by atoms with Crippen LogP contribution in [0.5, 0.6) is 0 Å². The number of nitro benzene ring substituents is 1. The number of nitrogens with zero attached hydrogens (tertiary/aromatic N) is 3. The largest absolute Gasteiger partial charge is 0.377 e. The number of rotatable bonds is 5. The third-order valence-corrected chi connectivity index (χ3v) is 5.75. The lowest BCUT2D eigenvalue weighted by atomic mass is 10.0. The Hall–Kier alpha value is -3.19. The van der Waals surface area contributed by atoms with E-state index in [0.717, 1.165) is 32.5 Å². The number of likely N-dealkylation sites (tertiary alicyclic amines) is 1. The van der Waals surface area contributed by atoms with Gasteiger partial charge in [0.05, 0.1) is 16.2 Å². The number of piperidine rings is 1. The highest BCUT2D eigenvalue weighted by Gasteiger charge is 2.39. The first kappa shape index (κ1) is 19.1. The fourth-order valence-corrected chi connectivity index (χ4v) is 4.17. The van der Waals surface area contributed by atoms with Crippen LogP contribution in [0.25, 0.3) is 5.57 Å². The van der Waals surface area contributed by atoms with Crippen molar-refractivity contribution in [3.8, 4) is 0 Å². The highest BCUT2D eigenvalue weighted by molar-refractivity contribution is 6.35. The minimum Gasteiger partial charge on any atom is -0.377 e. The van der Waals surface area contributed by atoms with E-state index in [1.54, 1.807) is 24.3 Å². The zero-order valence-electron chi connectivity index (χ0n) is 16.4. The summed E-state index contributed by atoms with van der Waals surface area (Å²) in [6.07, 6.45) is 1.86. The van der Waals surface area contributed by atoms with E-state index in [4.69, 9.17) is 0 Å². The van der Waals surface area contributed by atoms with Crippen molar-refractivity contribution in [1.29, 1.82) is 0 Å². The summed E-state index contributed by atoms with van der Waals surface area (Å²) >= 11 is 0. The van der Waals surface area contributed by atoms with Crippen LogP contribution in [0.15, 0.2) is 49.0 Å². The number of hydrogen-bond acceptors (Lipinski definition) is 5. The SMILES string of the molecule is C=C1C(=O)N(c2ccccc2)c2ccc(NC3CCN(CC)CC3)c([N+](=O)[O-])c21. The molecule has 0 spiro atoms. The van der Waals surface area contributed by atoms with Gasteiger partial charge >= 0.3 is 5.69 Å². The van der Waals surface area contributed by atoms with Crippen LogP contribution in [0, 0.1) is 10.1 Å². The molecule has 0 radical (unpaired) electrons. The minimum absolute atomic E-state index is 0.0720. The normalized spacial score (nSPS) is 17.5. The van der Waals surface area contributed by atoms with Gasteiger partial charge in [-0.3, -0.25) is 19.8 Å². The van der Waals surface area contributed by atoms with Crippen LogP contribution in [0.2, 0.25) is 0 Å². The first-order chi connectivity index (χ1) is 14.0. The van der Waals surface area contributed by atoms with Gasteiger partial charge in [0.2, 0.25) is 0 Å². The van der Waals surface area contributed by atoms with E-state index < -0.39 is 4.92 Å².